The van der Waals surface area contributed by atoms with Gasteiger partial charge in [-0.2, -0.15) is 0 Å². The molecule has 0 bridgehead atoms. The van der Waals surface area contributed by atoms with E-state index in [1.807, 2.05) is 0 Å². The molecule has 8 nitrogen and oxygen atoms in total. The minimum absolute atomic E-state index is 0.0441. The summed E-state index contributed by atoms with van der Waals surface area (Å²) in [5, 5.41) is 31.4. The minimum atomic E-state index is -1.17. The molecule has 110 valence electrons. The van der Waals surface area contributed by atoms with E-state index in [0.717, 1.165) is 6.07 Å². The standard InChI is InChI=1S/C12H16N2O6/c1-12(6-15,7-16)13-11(17)8-3-4-9(14(18)19)10(5-8)20-2/h3-5,15-16H,6-7H2,1-2H3,(H,13,17). The number of nitro groups is 1. The highest BCUT2D eigenvalue weighted by molar-refractivity contribution is 5.95. The van der Waals surface area contributed by atoms with E-state index in [1.165, 1.54) is 26.2 Å². The number of rotatable bonds is 6. The van der Waals surface area contributed by atoms with Crippen LogP contribution in [0.3, 0.4) is 0 Å². The first-order chi connectivity index (χ1) is 9.36. The predicted octanol–water partition coefficient (Wildman–Crippen LogP) is 0.0765. The molecule has 0 saturated carbocycles. The molecular weight excluding hydrogens is 268 g/mol. The number of nitrogens with zero attached hydrogens (tertiary/aromatic N) is 1. The predicted molar refractivity (Wildman–Crippen MR) is 69.7 cm³/mol. The Balaban J connectivity index is 3.03. The lowest BCUT2D eigenvalue weighted by atomic mass is 10.0. The third kappa shape index (κ3) is 3.43. The SMILES string of the molecule is COc1cc(C(=O)NC(C)(CO)CO)ccc1[N+](=O)[O-]. The summed E-state index contributed by atoms with van der Waals surface area (Å²) in [4.78, 5) is 22.1. The van der Waals surface area contributed by atoms with Crippen LogP contribution in [0.5, 0.6) is 5.75 Å². The lowest BCUT2D eigenvalue weighted by Gasteiger charge is -2.26. The maximum Gasteiger partial charge on any atom is 0.310 e. The van der Waals surface area contributed by atoms with Crippen molar-refractivity contribution in [2.24, 2.45) is 0 Å². The fourth-order valence-corrected chi connectivity index (χ4v) is 1.45. The summed E-state index contributed by atoms with van der Waals surface area (Å²) in [5.41, 5.74) is -1.30. The molecule has 0 fully saturated rings. The summed E-state index contributed by atoms with van der Waals surface area (Å²) >= 11 is 0. The zero-order chi connectivity index (χ0) is 15.3. The third-order valence-corrected chi connectivity index (χ3v) is 2.75. The molecule has 0 aliphatic rings. The van der Waals surface area contributed by atoms with Gasteiger partial charge in [-0.15, -0.1) is 0 Å². The monoisotopic (exact) mass is 284 g/mol. The van der Waals surface area contributed by atoms with Crippen LogP contribution in [0.1, 0.15) is 17.3 Å². The number of nitro benzene ring substituents is 1. The quantitative estimate of drug-likeness (QED) is 0.502. The molecule has 1 aromatic carbocycles. The average Bonchev–Trinajstić information content (AvgIpc) is 2.46. The lowest BCUT2D eigenvalue weighted by Crippen LogP contribution is -2.51. The summed E-state index contributed by atoms with van der Waals surface area (Å²) in [6.07, 6.45) is 0. The first-order valence-corrected chi connectivity index (χ1v) is 5.73. The average molecular weight is 284 g/mol. The van der Waals surface area contributed by atoms with E-state index in [-0.39, 0.29) is 17.0 Å². The van der Waals surface area contributed by atoms with Gasteiger partial charge >= 0.3 is 5.69 Å². The van der Waals surface area contributed by atoms with Gasteiger partial charge in [0.05, 0.1) is 30.8 Å². The number of ether oxygens (including phenoxy) is 1. The van der Waals surface area contributed by atoms with Crippen molar-refractivity contribution in [3.8, 4) is 5.75 Å². The van der Waals surface area contributed by atoms with Gasteiger partial charge in [-0.1, -0.05) is 0 Å². The molecule has 0 aromatic heterocycles. The summed E-state index contributed by atoms with van der Waals surface area (Å²) in [5.74, 6) is -0.624. The molecule has 0 heterocycles. The Morgan fingerprint density at radius 3 is 2.50 bits per heavy atom. The fourth-order valence-electron chi connectivity index (χ4n) is 1.45. The number of benzene rings is 1. The van der Waals surface area contributed by atoms with E-state index in [4.69, 9.17) is 14.9 Å². The Hall–Kier alpha value is -2.19. The Labute approximate surface area is 115 Å². The highest BCUT2D eigenvalue weighted by Crippen LogP contribution is 2.27. The number of hydrogen-bond donors (Lipinski definition) is 3. The Morgan fingerprint density at radius 2 is 2.05 bits per heavy atom. The molecule has 1 amide bonds. The first kappa shape index (κ1) is 15.9. The second kappa shape index (κ2) is 6.31. The maximum absolute atomic E-state index is 12.0. The summed E-state index contributed by atoms with van der Waals surface area (Å²) in [6.45, 7) is 0.576. The first-order valence-electron chi connectivity index (χ1n) is 5.73. The molecule has 0 aliphatic carbocycles. The second-order valence-electron chi connectivity index (χ2n) is 4.47. The molecule has 0 aliphatic heterocycles. The lowest BCUT2D eigenvalue weighted by molar-refractivity contribution is -0.385. The molecule has 20 heavy (non-hydrogen) atoms. The highest BCUT2D eigenvalue weighted by Gasteiger charge is 2.26. The zero-order valence-corrected chi connectivity index (χ0v) is 11.1. The second-order valence-corrected chi connectivity index (χ2v) is 4.47. The van der Waals surface area contributed by atoms with Crippen LogP contribution in [0.2, 0.25) is 0 Å². The van der Waals surface area contributed by atoms with Crippen molar-refractivity contribution in [2.45, 2.75) is 12.5 Å². The van der Waals surface area contributed by atoms with Gasteiger partial charge in [0, 0.05) is 17.7 Å². The van der Waals surface area contributed by atoms with Crippen molar-refractivity contribution in [3.63, 3.8) is 0 Å². The van der Waals surface area contributed by atoms with Crippen molar-refractivity contribution >= 4 is 11.6 Å². The van der Waals surface area contributed by atoms with Crippen LogP contribution >= 0.6 is 0 Å². The topological polar surface area (TPSA) is 122 Å². The van der Waals surface area contributed by atoms with Crippen LogP contribution in [-0.2, 0) is 0 Å². The maximum atomic E-state index is 12.0. The number of aliphatic hydroxyl groups is 2. The van der Waals surface area contributed by atoms with Crippen molar-refractivity contribution in [1.29, 1.82) is 0 Å². The van der Waals surface area contributed by atoms with Crippen molar-refractivity contribution in [2.75, 3.05) is 20.3 Å². The molecule has 0 spiro atoms. The van der Waals surface area contributed by atoms with E-state index in [0.29, 0.717) is 0 Å². The van der Waals surface area contributed by atoms with Gasteiger partial charge in [0.25, 0.3) is 5.91 Å². The highest BCUT2D eigenvalue weighted by atomic mass is 16.6. The van der Waals surface area contributed by atoms with Gasteiger partial charge < -0.3 is 20.3 Å². The molecule has 0 radical (unpaired) electrons. The van der Waals surface area contributed by atoms with Gasteiger partial charge in [-0.3, -0.25) is 14.9 Å². The van der Waals surface area contributed by atoms with E-state index >= 15 is 0 Å². The summed E-state index contributed by atoms with van der Waals surface area (Å²) in [6, 6.07) is 3.65. The molecule has 0 unspecified atom stereocenters. The molecule has 3 N–H and O–H groups in total. The van der Waals surface area contributed by atoms with Crippen LogP contribution in [0.15, 0.2) is 18.2 Å². The van der Waals surface area contributed by atoms with Crippen LogP contribution in [-0.4, -0.2) is 46.9 Å². The normalized spacial score (nSPS) is 11.0. The number of hydrogen-bond acceptors (Lipinski definition) is 6. The molecule has 8 heteroatoms. The smallest absolute Gasteiger partial charge is 0.310 e. The summed E-state index contributed by atoms with van der Waals surface area (Å²) < 4.78 is 4.86. The van der Waals surface area contributed by atoms with Crippen molar-refractivity contribution in [3.05, 3.63) is 33.9 Å². The number of carbonyl (C=O) groups is 1. The Morgan fingerprint density at radius 1 is 1.45 bits per heavy atom. The number of methoxy groups -OCH3 is 1. The molecular formula is C12H16N2O6. The van der Waals surface area contributed by atoms with E-state index in [1.54, 1.807) is 0 Å². The third-order valence-electron chi connectivity index (χ3n) is 2.75. The van der Waals surface area contributed by atoms with Gasteiger partial charge in [0.15, 0.2) is 5.75 Å². The molecule has 1 aromatic rings. The van der Waals surface area contributed by atoms with E-state index in [9.17, 15) is 14.9 Å². The van der Waals surface area contributed by atoms with Crippen LogP contribution in [0.25, 0.3) is 0 Å². The number of aliphatic hydroxyl groups excluding tert-OH is 2. The Bertz CT molecular complexity index is 513. The van der Waals surface area contributed by atoms with Crippen LogP contribution < -0.4 is 10.1 Å². The fraction of sp³-hybridized carbons (Fsp3) is 0.417. The van der Waals surface area contributed by atoms with Crippen LogP contribution in [0, 0.1) is 10.1 Å². The van der Waals surface area contributed by atoms with Gasteiger partial charge in [0.1, 0.15) is 0 Å². The summed E-state index contributed by atoms with van der Waals surface area (Å²) in [7, 11) is 1.26. The molecule has 0 atom stereocenters. The number of amides is 1. The molecule has 1 rings (SSSR count). The van der Waals surface area contributed by atoms with Crippen molar-refractivity contribution < 1.29 is 24.7 Å². The van der Waals surface area contributed by atoms with E-state index < -0.39 is 29.6 Å². The minimum Gasteiger partial charge on any atom is -0.490 e. The van der Waals surface area contributed by atoms with Crippen molar-refractivity contribution in [1.82, 2.24) is 5.32 Å². The largest absolute Gasteiger partial charge is 0.490 e. The zero-order valence-electron chi connectivity index (χ0n) is 11.1. The van der Waals surface area contributed by atoms with Gasteiger partial charge in [-0.05, 0) is 13.0 Å². The molecule has 0 saturated heterocycles. The number of nitrogens with one attached hydrogen (secondary N) is 1. The van der Waals surface area contributed by atoms with E-state index in [2.05, 4.69) is 5.32 Å². The number of carbonyl (C=O) groups excluding carboxylic acids is 1. The Kier molecular flexibility index (Phi) is 5.00. The van der Waals surface area contributed by atoms with Gasteiger partial charge in [0.2, 0.25) is 0 Å². The van der Waals surface area contributed by atoms with Crippen LogP contribution in [0.4, 0.5) is 5.69 Å². The van der Waals surface area contributed by atoms with Gasteiger partial charge in [-0.25, -0.2) is 0 Å².